The molecule has 20 heavy (non-hydrogen) atoms. The van der Waals surface area contributed by atoms with E-state index in [9.17, 15) is 14.7 Å². The first-order chi connectivity index (χ1) is 9.19. The van der Waals surface area contributed by atoms with Crippen molar-refractivity contribution in [3.05, 3.63) is 23.8 Å². The van der Waals surface area contributed by atoms with Gasteiger partial charge in [0.05, 0.1) is 17.1 Å². The molecular formula is C14H18O5S. The highest BCUT2D eigenvalue weighted by molar-refractivity contribution is 8.00. The number of ether oxygens (including phenoxy) is 1. The number of Topliss-reactive ketones (excluding diaryl/α,β-unsaturated/α-hetero) is 1. The number of phenolic OH excluding ortho intramolecular Hbond substituents is 2. The largest absolute Gasteiger partial charge is 0.508 e. The quantitative estimate of drug-likeness (QED) is 0.641. The number of ketones is 1. The average Bonchev–Trinajstić information content (AvgIpc) is 2.25. The number of hydrogen-bond donors (Lipinski definition) is 2. The van der Waals surface area contributed by atoms with Gasteiger partial charge < -0.3 is 14.9 Å². The number of thioether (sulfide) groups is 1. The van der Waals surface area contributed by atoms with Gasteiger partial charge in [0.25, 0.3) is 0 Å². The summed E-state index contributed by atoms with van der Waals surface area (Å²) in [5.41, 5.74) is -0.420. The van der Waals surface area contributed by atoms with Crippen molar-refractivity contribution in [1.82, 2.24) is 0 Å². The molecule has 110 valence electrons. The van der Waals surface area contributed by atoms with E-state index in [0.717, 1.165) is 17.8 Å². The van der Waals surface area contributed by atoms with Gasteiger partial charge in [0.2, 0.25) is 0 Å². The average molecular weight is 298 g/mol. The number of aromatic hydroxyl groups is 2. The summed E-state index contributed by atoms with van der Waals surface area (Å²) < 4.78 is 5.11. The third-order valence-electron chi connectivity index (χ3n) is 2.15. The van der Waals surface area contributed by atoms with Crippen molar-refractivity contribution in [3.63, 3.8) is 0 Å². The molecular weight excluding hydrogens is 280 g/mol. The van der Waals surface area contributed by atoms with Crippen molar-refractivity contribution in [3.8, 4) is 11.5 Å². The van der Waals surface area contributed by atoms with Crippen LogP contribution in [0.2, 0.25) is 0 Å². The summed E-state index contributed by atoms with van der Waals surface area (Å²) in [6.45, 7) is 5.32. The topological polar surface area (TPSA) is 83.8 Å². The number of benzene rings is 1. The summed E-state index contributed by atoms with van der Waals surface area (Å²) in [4.78, 5) is 23.3. The lowest BCUT2D eigenvalue weighted by molar-refractivity contribution is -0.151. The van der Waals surface area contributed by atoms with Crippen LogP contribution in [0, 0.1) is 0 Å². The smallest absolute Gasteiger partial charge is 0.316 e. The molecule has 0 fully saturated rings. The van der Waals surface area contributed by atoms with Gasteiger partial charge in [0, 0.05) is 6.07 Å². The molecule has 6 heteroatoms. The predicted molar refractivity (Wildman–Crippen MR) is 77.3 cm³/mol. The molecule has 0 aromatic heterocycles. The molecule has 0 aliphatic carbocycles. The molecule has 0 radical (unpaired) electrons. The minimum Gasteiger partial charge on any atom is -0.508 e. The second kappa shape index (κ2) is 6.65. The summed E-state index contributed by atoms with van der Waals surface area (Å²) in [7, 11) is 0. The standard InChI is InChI=1S/C14H18O5S/c1-14(2,3)19-13(18)8-20-7-12(17)10-5-4-9(15)6-11(10)16/h4-6,15-16H,7-8H2,1-3H3. The minimum absolute atomic E-state index is 0.0532. The van der Waals surface area contributed by atoms with Crippen molar-refractivity contribution in [1.29, 1.82) is 0 Å². The third kappa shape index (κ3) is 5.52. The third-order valence-corrected chi connectivity index (χ3v) is 3.06. The molecule has 0 saturated heterocycles. The van der Waals surface area contributed by atoms with E-state index in [1.807, 2.05) is 0 Å². The van der Waals surface area contributed by atoms with E-state index in [4.69, 9.17) is 9.84 Å². The van der Waals surface area contributed by atoms with E-state index < -0.39 is 5.60 Å². The molecule has 0 unspecified atom stereocenters. The fourth-order valence-electron chi connectivity index (χ4n) is 1.43. The number of carbonyl (C=O) groups excluding carboxylic acids is 2. The molecule has 1 rings (SSSR count). The summed E-state index contributed by atoms with van der Waals surface area (Å²) in [5, 5.41) is 18.7. The molecule has 0 aliphatic heterocycles. The van der Waals surface area contributed by atoms with E-state index in [0.29, 0.717) is 0 Å². The van der Waals surface area contributed by atoms with Gasteiger partial charge >= 0.3 is 5.97 Å². The van der Waals surface area contributed by atoms with E-state index >= 15 is 0 Å². The lowest BCUT2D eigenvalue weighted by Crippen LogP contribution is -2.25. The second-order valence-electron chi connectivity index (χ2n) is 5.20. The zero-order valence-corrected chi connectivity index (χ0v) is 12.5. The van der Waals surface area contributed by atoms with Gasteiger partial charge in [0.1, 0.15) is 17.1 Å². The lowest BCUT2D eigenvalue weighted by Gasteiger charge is -2.19. The Bertz CT molecular complexity index is 505. The van der Waals surface area contributed by atoms with Crippen LogP contribution in [0.5, 0.6) is 11.5 Å². The molecule has 0 atom stereocenters. The first-order valence-electron chi connectivity index (χ1n) is 6.04. The van der Waals surface area contributed by atoms with Crippen LogP contribution in [0.25, 0.3) is 0 Å². The fraction of sp³-hybridized carbons (Fsp3) is 0.429. The van der Waals surface area contributed by atoms with E-state index in [2.05, 4.69) is 0 Å². The molecule has 0 bridgehead atoms. The van der Waals surface area contributed by atoms with Crippen molar-refractivity contribution < 1.29 is 24.5 Å². The van der Waals surface area contributed by atoms with Gasteiger partial charge in [-0.1, -0.05) is 0 Å². The molecule has 0 amide bonds. The Morgan fingerprint density at radius 1 is 1.20 bits per heavy atom. The zero-order chi connectivity index (χ0) is 15.3. The van der Waals surface area contributed by atoms with Gasteiger partial charge in [0.15, 0.2) is 5.78 Å². The lowest BCUT2D eigenvalue weighted by atomic mass is 10.1. The van der Waals surface area contributed by atoms with E-state index in [1.165, 1.54) is 12.1 Å². The van der Waals surface area contributed by atoms with Crippen molar-refractivity contribution in [2.24, 2.45) is 0 Å². The van der Waals surface area contributed by atoms with Gasteiger partial charge in [-0.05, 0) is 32.9 Å². The molecule has 5 nitrogen and oxygen atoms in total. The van der Waals surface area contributed by atoms with Crippen LogP contribution in [0.4, 0.5) is 0 Å². The fourth-order valence-corrected chi connectivity index (χ4v) is 2.10. The molecule has 0 aliphatic rings. The van der Waals surface area contributed by atoms with Gasteiger partial charge in [-0.3, -0.25) is 9.59 Å². The molecule has 2 N–H and O–H groups in total. The van der Waals surface area contributed by atoms with E-state index in [1.54, 1.807) is 20.8 Å². The van der Waals surface area contributed by atoms with Gasteiger partial charge in [-0.25, -0.2) is 0 Å². The Hall–Kier alpha value is -1.69. The van der Waals surface area contributed by atoms with Crippen LogP contribution in [-0.2, 0) is 9.53 Å². The maximum absolute atomic E-state index is 11.8. The van der Waals surface area contributed by atoms with Gasteiger partial charge in [-0.15, -0.1) is 11.8 Å². The number of esters is 1. The monoisotopic (exact) mass is 298 g/mol. The normalized spacial score (nSPS) is 11.2. The molecule has 0 saturated carbocycles. The minimum atomic E-state index is -0.545. The summed E-state index contributed by atoms with van der Waals surface area (Å²) in [6, 6.07) is 3.78. The van der Waals surface area contributed by atoms with Gasteiger partial charge in [-0.2, -0.15) is 0 Å². The molecule has 0 spiro atoms. The number of carbonyl (C=O) groups is 2. The number of rotatable bonds is 5. The summed E-state index contributed by atoms with van der Waals surface area (Å²) in [5.74, 6) is -0.950. The Morgan fingerprint density at radius 2 is 1.85 bits per heavy atom. The van der Waals surface area contributed by atoms with Crippen LogP contribution in [-0.4, -0.2) is 39.1 Å². The Kier molecular flexibility index (Phi) is 5.44. The van der Waals surface area contributed by atoms with Crippen molar-refractivity contribution in [2.75, 3.05) is 11.5 Å². The second-order valence-corrected chi connectivity index (χ2v) is 6.19. The highest BCUT2D eigenvalue weighted by atomic mass is 32.2. The zero-order valence-electron chi connectivity index (χ0n) is 11.7. The van der Waals surface area contributed by atoms with Crippen LogP contribution in [0.1, 0.15) is 31.1 Å². The first-order valence-corrected chi connectivity index (χ1v) is 7.19. The summed E-state index contributed by atoms with van der Waals surface area (Å²) in [6.07, 6.45) is 0. The van der Waals surface area contributed by atoms with Crippen molar-refractivity contribution in [2.45, 2.75) is 26.4 Å². The number of phenols is 2. The Morgan fingerprint density at radius 3 is 2.40 bits per heavy atom. The maximum atomic E-state index is 11.8. The van der Waals surface area contributed by atoms with Crippen LogP contribution in [0.3, 0.4) is 0 Å². The summed E-state index contributed by atoms with van der Waals surface area (Å²) >= 11 is 1.12. The first kappa shape index (κ1) is 16.4. The maximum Gasteiger partial charge on any atom is 0.316 e. The SMILES string of the molecule is CC(C)(C)OC(=O)CSCC(=O)c1ccc(O)cc1O. The molecule has 1 aromatic rings. The van der Waals surface area contributed by atoms with E-state index in [-0.39, 0.29) is 40.3 Å². The van der Waals surface area contributed by atoms with Crippen LogP contribution >= 0.6 is 11.8 Å². The van der Waals surface area contributed by atoms with Crippen LogP contribution in [0.15, 0.2) is 18.2 Å². The highest BCUT2D eigenvalue weighted by Crippen LogP contribution is 2.24. The van der Waals surface area contributed by atoms with Crippen LogP contribution < -0.4 is 0 Å². The Balaban J connectivity index is 2.46. The molecule has 1 aromatic carbocycles. The molecule has 0 heterocycles. The highest BCUT2D eigenvalue weighted by Gasteiger charge is 2.17. The van der Waals surface area contributed by atoms with Crippen molar-refractivity contribution >= 4 is 23.5 Å². The Labute approximate surface area is 121 Å². The predicted octanol–water partition coefficient (Wildman–Crippen LogP) is 2.36. The number of hydrogen-bond acceptors (Lipinski definition) is 6.